The number of amides is 1. The average Bonchev–Trinajstić information content (AvgIpc) is 2.45. The number of nitrogens with one attached hydrogen (secondary N) is 1. The molecule has 0 bridgehead atoms. The van der Waals surface area contributed by atoms with Crippen LogP contribution in [0.3, 0.4) is 0 Å². The molecule has 0 atom stereocenters. The second kappa shape index (κ2) is 6.35. The van der Waals surface area contributed by atoms with Gasteiger partial charge >= 0.3 is 0 Å². The van der Waals surface area contributed by atoms with Gasteiger partial charge < -0.3 is 11.1 Å². The second-order valence-corrected chi connectivity index (χ2v) is 5.84. The maximum atomic E-state index is 12.2. The minimum absolute atomic E-state index is 0.198. The van der Waals surface area contributed by atoms with Gasteiger partial charge in [0.1, 0.15) is 6.07 Å². The number of nitriles is 1. The Bertz CT molecular complexity index is 748. The van der Waals surface area contributed by atoms with Crippen LogP contribution in [0.4, 0.5) is 11.4 Å². The second-order valence-electron chi connectivity index (χ2n) is 4.11. The Morgan fingerprint density at radius 3 is 2.43 bits per heavy atom. The molecule has 7 heteroatoms. The Labute approximate surface area is 139 Å². The van der Waals surface area contributed by atoms with Crippen LogP contribution < -0.4 is 11.1 Å². The minimum Gasteiger partial charge on any atom is -0.396 e. The zero-order valence-corrected chi connectivity index (χ0v) is 13.6. The number of carbonyl (C=O) groups is 1. The molecule has 2 aromatic rings. The van der Waals surface area contributed by atoms with Crippen molar-refractivity contribution in [3.05, 3.63) is 56.0 Å². The lowest BCUT2D eigenvalue weighted by Crippen LogP contribution is -2.13. The maximum absolute atomic E-state index is 12.2. The summed E-state index contributed by atoms with van der Waals surface area (Å²) in [5, 5.41) is 12.1. The van der Waals surface area contributed by atoms with Crippen LogP contribution in [0, 0.1) is 11.3 Å². The fourth-order valence-corrected chi connectivity index (χ4v) is 2.48. The zero-order valence-electron chi connectivity index (χ0n) is 10.5. The molecule has 0 unspecified atom stereocenters. The molecule has 0 spiro atoms. The summed E-state index contributed by atoms with van der Waals surface area (Å²) in [6.45, 7) is 0. The van der Waals surface area contributed by atoms with Crippen molar-refractivity contribution in [1.82, 2.24) is 0 Å². The summed E-state index contributed by atoms with van der Waals surface area (Å²) in [5.74, 6) is -0.433. The van der Waals surface area contributed by atoms with Crippen molar-refractivity contribution in [3.63, 3.8) is 0 Å². The fourth-order valence-electron chi connectivity index (χ4n) is 1.63. The van der Waals surface area contributed by atoms with Gasteiger partial charge in [-0.2, -0.15) is 5.26 Å². The third kappa shape index (κ3) is 3.48. The SMILES string of the molecule is N#Cc1cc(Br)ccc1NC(=O)c1cc(Cl)c(N)c(Cl)c1. The quantitative estimate of drug-likeness (QED) is 0.750. The molecule has 2 aromatic carbocycles. The van der Waals surface area contributed by atoms with E-state index in [1.165, 1.54) is 12.1 Å². The number of nitrogen functional groups attached to an aromatic ring is 1. The van der Waals surface area contributed by atoms with E-state index in [2.05, 4.69) is 21.2 Å². The van der Waals surface area contributed by atoms with E-state index in [9.17, 15) is 4.79 Å². The zero-order chi connectivity index (χ0) is 15.6. The molecular weight excluding hydrogens is 377 g/mol. The predicted octanol–water partition coefficient (Wildman–Crippen LogP) is 4.46. The van der Waals surface area contributed by atoms with E-state index in [1.807, 2.05) is 6.07 Å². The fraction of sp³-hybridized carbons (Fsp3) is 0. The maximum Gasteiger partial charge on any atom is 0.255 e. The molecule has 0 saturated carbocycles. The van der Waals surface area contributed by atoms with Gasteiger partial charge in [-0.3, -0.25) is 4.79 Å². The molecule has 0 heterocycles. The molecule has 0 aliphatic rings. The highest BCUT2D eigenvalue weighted by molar-refractivity contribution is 9.10. The van der Waals surface area contributed by atoms with Crippen LogP contribution in [0.2, 0.25) is 10.0 Å². The molecule has 0 aliphatic carbocycles. The van der Waals surface area contributed by atoms with Gasteiger partial charge in [0.25, 0.3) is 5.91 Å². The Hall–Kier alpha value is -1.74. The van der Waals surface area contributed by atoms with Crippen molar-refractivity contribution < 1.29 is 4.79 Å². The van der Waals surface area contributed by atoms with E-state index >= 15 is 0 Å². The topological polar surface area (TPSA) is 78.9 Å². The smallest absolute Gasteiger partial charge is 0.255 e. The highest BCUT2D eigenvalue weighted by Crippen LogP contribution is 2.29. The number of nitrogens with two attached hydrogens (primary N) is 1. The Morgan fingerprint density at radius 1 is 1.24 bits per heavy atom. The highest BCUT2D eigenvalue weighted by atomic mass is 79.9. The van der Waals surface area contributed by atoms with E-state index in [4.69, 9.17) is 34.2 Å². The number of nitrogens with zero attached hydrogens (tertiary/aromatic N) is 1. The highest BCUT2D eigenvalue weighted by Gasteiger charge is 2.13. The van der Waals surface area contributed by atoms with Crippen molar-refractivity contribution in [2.75, 3.05) is 11.1 Å². The first kappa shape index (κ1) is 15.6. The van der Waals surface area contributed by atoms with Gasteiger partial charge in [0.2, 0.25) is 0 Å². The van der Waals surface area contributed by atoms with E-state index in [0.29, 0.717) is 11.3 Å². The summed E-state index contributed by atoms with van der Waals surface area (Å²) < 4.78 is 0.746. The monoisotopic (exact) mass is 383 g/mol. The van der Waals surface area contributed by atoms with Gasteiger partial charge in [-0.25, -0.2) is 0 Å². The van der Waals surface area contributed by atoms with Crippen LogP contribution in [-0.2, 0) is 0 Å². The van der Waals surface area contributed by atoms with Crippen molar-refractivity contribution in [2.45, 2.75) is 0 Å². The van der Waals surface area contributed by atoms with Gasteiger partial charge in [-0.05, 0) is 30.3 Å². The van der Waals surface area contributed by atoms with Gasteiger partial charge in [0, 0.05) is 10.0 Å². The molecule has 4 nitrogen and oxygen atoms in total. The number of anilines is 2. The van der Waals surface area contributed by atoms with Gasteiger partial charge in [-0.1, -0.05) is 39.1 Å². The Balaban J connectivity index is 2.33. The summed E-state index contributed by atoms with van der Waals surface area (Å²) in [7, 11) is 0. The normalized spacial score (nSPS) is 10.0. The molecule has 0 aliphatic heterocycles. The van der Waals surface area contributed by atoms with Crippen LogP contribution in [0.5, 0.6) is 0 Å². The third-order valence-corrected chi connectivity index (χ3v) is 3.81. The molecule has 1 amide bonds. The summed E-state index contributed by atoms with van der Waals surface area (Å²) in [6.07, 6.45) is 0. The van der Waals surface area contributed by atoms with Crippen molar-refractivity contribution in [2.24, 2.45) is 0 Å². The number of carbonyl (C=O) groups excluding carboxylic acids is 1. The molecule has 2 rings (SSSR count). The third-order valence-electron chi connectivity index (χ3n) is 2.69. The van der Waals surface area contributed by atoms with E-state index < -0.39 is 5.91 Å². The summed E-state index contributed by atoms with van der Waals surface area (Å²) in [6, 6.07) is 9.80. The molecule has 106 valence electrons. The Morgan fingerprint density at radius 2 is 1.86 bits per heavy atom. The molecular formula is C14H8BrCl2N3O. The minimum atomic E-state index is -0.433. The van der Waals surface area contributed by atoms with E-state index in [0.717, 1.165) is 4.47 Å². The lowest BCUT2D eigenvalue weighted by Gasteiger charge is -2.09. The van der Waals surface area contributed by atoms with Crippen LogP contribution >= 0.6 is 39.1 Å². The van der Waals surface area contributed by atoms with E-state index in [-0.39, 0.29) is 21.3 Å². The first-order chi connectivity index (χ1) is 9.92. The molecule has 0 radical (unpaired) electrons. The molecule has 21 heavy (non-hydrogen) atoms. The number of halogens is 3. The largest absolute Gasteiger partial charge is 0.396 e. The van der Waals surface area contributed by atoms with Crippen LogP contribution in [0.25, 0.3) is 0 Å². The van der Waals surface area contributed by atoms with E-state index in [1.54, 1.807) is 18.2 Å². The van der Waals surface area contributed by atoms with Crippen LogP contribution in [0.1, 0.15) is 15.9 Å². The summed E-state index contributed by atoms with van der Waals surface area (Å²) in [4.78, 5) is 12.2. The van der Waals surface area contributed by atoms with Crippen molar-refractivity contribution >= 4 is 56.4 Å². The van der Waals surface area contributed by atoms with Crippen molar-refractivity contribution in [1.29, 1.82) is 5.26 Å². The van der Waals surface area contributed by atoms with Gasteiger partial charge in [0.15, 0.2) is 0 Å². The molecule has 3 N–H and O–H groups in total. The van der Waals surface area contributed by atoms with Gasteiger partial charge in [0.05, 0.1) is 27.0 Å². The average molecular weight is 385 g/mol. The van der Waals surface area contributed by atoms with Crippen LogP contribution in [0.15, 0.2) is 34.8 Å². The number of hydrogen-bond donors (Lipinski definition) is 2. The number of benzene rings is 2. The molecule has 0 aromatic heterocycles. The predicted molar refractivity (Wildman–Crippen MR) is 87.7 cm³/mol. The lowest BCUT2D eigenvalue weighted by molar-refractivity contribution is 0.102. The molecule has 0 saturated heterocycles. The van der Waals surface area contributed by atoms with Crippen molar-refractivity contribution in [3.8, 4) is 6.07 Å². The Kier molecular flexibility index (Phi) is 4.73. The number of hydrogen-bond acceptors (Lipinski definition) is 3. The summed E-state index contributed by atoms with van der Waals surface area (Å²) in [5.41, 5.74) is 6.83. The lowest BCUT2D eigenvalue weighted by atomic mass is 10.1. The van der Waals surface area contributed by atoms with Crippen LogP contribution in [-0.4, -0.2) is 5.91 Å². The number of rotatable bonds is 2. The summed E-state index contributed by atoms with van der Waals surface area (Å²) >= 11 is 15.1. The van der Waals surface area contributed by atoms with Gasteiger partial charge in [-0.15, -0.1) is 0 Å². The first-order valence-corrected chi connectivity index (χ1v) is 7.23. The molecule has 0 fully saturated rings. The first-order valence-electron chi connectivity index (χ1n) is 5.68. The standard InChI is InChI=1S/C14H8BrCl2N3O/c15-9-1-2-12(8(3-9)6-18)20-14(21)7-4-10(16)13(19)11(17)5-7/h1-5H,19H2,(H,20,21).